The molecule has 0 aliphatic carbocycles. The van der Waals surface area contributed by atoms with E-state index < -0.39 is 17.6 Å². The van der Waals surface area contributed by atoms with Gasteiger partial charge in [0.25, 0.3) is 0 Å². The van der Waals surface area contributed by atoms with E-state index in [1.807, 2.05) is 0 Å². The number of piperidine rings is 1. The first-order valence-corrected chi connectivity index (χ1v) is 10.1. The largest absolute Gasteiger partial charge is 0.491 e. The minimum Gasteiger partial charge on any atom is -0.491 e. The third-order valence-corrected chi connectivity index (χ3v) is 5.47. The number of ether oxygens (including phenoxy) is 1. The van der Waals surface area contributed by atoms with Gasteiger partial charge in [0.05, 0.1) is 18.9 Å². The molecule has 9 heteroatoms. The number of nitrogens with one attached hydrogen (secondary N) is 1. The van der Waals surface area contributed by atoms with E-state index in [1.165, 1.54) is 31.5 Å². The second kappa shape index (κ2) is 9.55. The Kier molecular flexibility index (Phi) is 7.04. The summed E-state index contributed by atoms with van der Waals surface area (Å²) >= 11 is 0. The quantitative estimate of drug-likeness (QED) is 0.748. The summed E-state index contributed by atoms with van der Waals surface area (Å²) in [4.78, 5) is 27.0. The number of nitrogens with zero attached hydrogens (tertiary/aromatic N) is 2. The number of pyridine rings is 1. The van der Waals surface area contributed by atoms with E-state index >= 15 is 0 Å². The normalized spacial score (nSPS) is 15.6. The van der Waals surface area contributed by atoms with Crippen molar-refractivity contribution in [1.82, 2.24) is 9.47 Å². The average molecular weight is 437 g/mol. The van der Waals surface area contributed by atoms with Crippen LogP contribution in [0.3, 0.4) is 0 Å². The Morgan fingerprint density at radius 2 is 1.84 bits per heavy atom. The summed E-state index contributed by atoms with van der Waals surface area (Å²) in [5.41, 5.74) is -0.100. The highest BCUT2D eigenvalue weighted by molar-refractivity contribution is 5.90. The molecule has 1 N–H and O–H groups in total. The van der Waals surface area contributed by atoms with Gasteiger partial charge < -0.3 is 14.6 Å². The first-order chi connectivity index (χ1) is 14.7. The Morgan fingerprint density at radius 1 is 1.19 bits per heavy atom. The van der Waals surface area contributed by atoms with Gasteiger partial charge in [0.1, 0.15) is 6.54 Å². The molecule has 6 nitrogen and oxygen atoms in total. The number of alkyl halides is 3. The van der Waals surface area contributed by atoms with Crippen LogP contribution in [0.25, 0.3) is 0 Å². The lowest BCUT2D eigenvalue weighted by Gasteiger charge is -2.31. The molecule has 1 saturated heterocycles. The van der Waals surface area contributed by atoms with Crippen LogP contribution in [0.15, 0.2) is 41.3 Å². The molecular formula is C22H26F3N3O3. The fourth-order valence-corrected chi connectivity index (χ4v) is 3.58. The predicted octanol–water partition coefficient (Wildman–Crippen LogP) is 3.75. The number of hydrogen-bond donors (Lipinski definition) is 1. The zero-order chi connectivity index (χ0) is 22.6. The predicted molar refractivity (Wildman–Crippen MR) is 111 cm³/mol. The molecule has 1 aliphatic rings. The van der Waals surface area contributed by atoms with Crippen molar-refractivity contribution in [1.29, 1.82) is 0 Å². The number of benzene rings is 1. The maximum absolute atomic E-state index is 12.7. The van der Waals surface area contributed by atoms with Gasteiger partial charge in [-0.1, -0.05) is 6.92 Å². The van der Waals surface area contributed by atoms with Crippen molar-refractivity contribution >= 4 is 11.6 Å². The summed E-state index contributed by atoms with van der Waals surface area (Å²) < 4.78 is 44.9. The summed E-state index contributed by atoms with van der Waals surface area (Å²) in [5, 5.41) is 2.60. The van der Waals surface area contributed by atoms with Gasteiger partial charge in [0.2, 0.25) is 11.3 Å². The number of hydrogen-bond acceptors (Lipinski definition) is 4. The maximum Gasteiger partial charge on any atom is 0.416 e. The SMILES string of the molecule is COc1cn(CC(=O)Nc2ccc(C(F)(F)F)cc2)c(CN2CCC(C)CC2)cc1=O. The maximum atomic E-state index is 12.7. The van der Waals surface area contributed by atoms with E-state index in [0.29, 0.717) is 18.2 Å². The Morgan fingerprint density at radius 3 is 2.42 bits per heavy atom. The van der Waals surface area contributed by atoms with Gasteiger partial charge in [-0.05, 0) is 56.1 Å². The number of aromatic nitrogens is 1. The Balaban J connectivity index is 1.74. The lowest BCUT2D eigenvalue weighted by atomic mass is 9.99. The fraction of sp³-hybridized carbons (Fsp3) is 0.455. The Bertz CT molecular complexity index is 963. The van der Waals surface area contributed by atoms with Gasteiger partial charge in [-0.3, -0.25) is 14.5 Å². The lowest BCUT2D eigenvalue weighted by molar-refractivity contribution is -0.137. The third-order valence-electron chi connectivity index (χ3n) is 5.47. The molecule has 168 valence electrons. The molecule has 3 rings (SSSR count). The lowest BCUT2D eigenvalue weighted by Crippen LogP contribution is -2.34. The highest BCUT2D eigenvalue weighted by atomic mass is 19.4. The minimum atomic E-state index is -4.43. The van der Waals surface area contributed by atoms with Crippen LogP contribution in [0.2, 0.25) is 0 Å². The molecule has 1 aliphatic heterocycles. The molecule has 1 fully saturated rings. The van der Waals surface area contributed by atoms with E-state index in [4.69, 9.17) is 4.74 Å². The molecule has 1 amide bonds. The zero-order valence-electron chi connectivity index (χ0n) is 17.5. The Hall–Kier alpha value is -2.81. The number of anilines is 1. The fourth-order valence-electron chi connectivity index (χ4n) is 3.58. The molecule has 0 spiro atoms. The summed E-state index contributed by atoms with van der Waals surface area (Å²) in [6.45, 7) is 4.47. The minimum absolute atomic E-state index is 0.1000. The standard InChI is InChI=1S/C22H26F3N3O3/c1-15-7-9-27(10-8-15)12-18-11-19(29)20(31-2)13-28(18)14-21(30)26-17-5-3-16(4-6-17)22(23,24)25/h3-6,11,13,15H,7-10,12,14H2,1-2H3,(H,26,30). The van der Waals surface area contributed by atoms with Crippen LogP contribution in [0, 0.1) is 5.92 Å². The third kappa shape index (κ3) is 6.10. The van der Waals surface area contributed by atoms with Gasteiger partial charge in [-0.2, -0.15) is 13.2 Å². The first kappa shape index (κ1) is 22.9. The number of amides is 1. The number of methoxy groups -OCH3 is 1. The molecule has 1 aromatic heterocycles. The monoisotopic (exact) mass is 437 g/mol. The summed E-state index contributed by atoms with van der Waals surface area (Å²) in [5.74, 6) is 0.376. The summed E-state index contributed by atoms with van der Waals surface area (Å²) in [6.07, 6.45) is -0.781. The molecule has 0 bridgehead atoms. The Labute approximate surface area is 178 Å². The van der Waals surface area contributed by atoms with Gasteiger partial charge in [-0.15, -0.1) is 0 Å². The van der Waals surface area contributed by atoms with Crippen LogP contribution in [0.4, 0.5) is 18.9 Å². The molecule has 2 heterocycles. The molecular weight excluding hydrogens is 411 g/mol. The summed E-state index contributed by atoms with van der Waals surface area (Å²) in [6, 6.07) is 5.73. The highest BCUT2D eigenvalue weighted by Crippen LogP contribution is 2.29. The van der Waals surface area contributed by atoms with Gasteiger partial charge in [-0.25, -0.2) is 0 Å². The van der Waals surface area contributed by atoms with Crippen molar-refractivity contribution in [3.63, 3.8) is 0 Å². The number of carbonyl (C=O) groups is 1. The van der Waals surface area contributed by atoms with Crippen molar-refractivity contribution in [2.45, 2.75) is 39.0 Å². The smallest absolute Gasteiger partial charge is 0.416 e. The average Bonchev–Trinajstić information content (AvgIpc) is 2.71. The molecule has 0 atom stereocenters. The van der Waals surface area contributed by atoms with Gasteiger partial charge in [0, 0.05) is 24.0 Å². The molecule has 0 unspecified atom stereocenters. The molecule has 0 saturated carbocycles. The second-order valence-corrected chi connectivity index (χ2v) is 7.91. The van der Waals surface area contributed by atoms with Gasteiger partial charge >= 0.3 is 6.18 Å². The molecule has 1 aromatic carbocycles. The van der Waals surface area contributed by atoms with E-state index in [2.05, 4.69) is 17.1 Å². The van der Waals surface area contributed by atoms with E-state index in [9.17, 15) is 22.8 Å². The van der Waals surface area contributed by atoms with Crippen molar-refractivity contribution in [2.24, 2.45) is 5.92 Å². The van der Waals surface area contributed by atoms with Crippen molar-refractivity contribution in [3.8, 4) is 5.75 Å². The number of halogens is 3. The van der Waals surface area contributed by atoms with Crippen LogP contribution < -0.4 is 15.5 Å². The van der Waals surface area contributed by atoms with Crippen LogP contribution >= 0.6 is 0 Å². The topological polar surface area (TPSA) is 63.6 Å². The number of carbonyl (C=O) groups excluding carboxylic acids is 1. The number of likely N-dealkylation sites (tertiary alicyclic amines) is 1. The zero-order valence-corrected chi connectivity index (χ0v) is 17.5. The van der Waals surface area contributed by atoms with Crippen molar-refractivity contribution in [2.75, 3.05) is 25.5 Å². The van der Waals surface area contributed by atoms with E-state index in [0.717, 1.165) is 38.1 Å². The highest BCUT2D eigenvalue weighted by Gasteiger charge is 2.30. The van der Waals surface area contributed by atoms with Crippen LogP contribution in [-0.4, -0.2) is 35.6 Å². The molecule has 31 heavy (non-hydrogen) atoms. The van der Waals surface area contributed by atoms with Crippen LogP contribution in [0.1, 0.15) is 31.0 Å². The summed E-state index contributed by atoms with van der Waals surface area (Å²) in [7, 11) is 1.38. The van der Waals surface area contributed by atoms with Crippen LogP contribution in [-0.2, 0) is 24.1 Å². The molecule has 0 radical (unpaired) electrons. The van der Waals surface area contributed by atoms with Crippen LogP contribution in [0.5, 0.6) is 5.75 Å². The van der Waals surface area contributed by atoms with Gasteiger partial charge in [0.15, 0.2) is 5.75 Å². The molecule has 2 aromatic rings. The first-order valence-electron chi connectivity index (χ1n) is 10.1. The number of rotatable bonds is 6. The van der Waals surface area contributed by atoms with Crippen molar-refractivity contribution < 1.29 is 22.7 Å². The van der Waals surface area contributed by atoms with E-state index in [1.54, 1.807) is 4.57 Å². The van der Waals surface area contributed by atoms with Crippen molar-refractivity contribution in [3.05, 3.63) is 58.0 Å². The second-order valence-electron chi connectivity index (χ2n) is 7.91. The van der Waals surface area contributed by atoms with E-state index in [-0.39, 0.29) is 23.4 Å².